The summed E-state index contributed by atoms with van der Waals surface area (Å²) in [5, 5.41) is 2.88. The number of amides is 2. The van der Waals surface area contributed by atoms with Crippen molar-refractivity contribution in [3.8, 4) is 0 Å². The van der Waals surface area contributed by atoms with E-state index in [1.165, 1.54) is 7.11 Å². The number of carbonyl (C=O) groups is 2. The summed E-state index contributed by atoms with van der Waals surface area (Å²) in [6, 6.07) is -0.00378. The molecule has 1 aliphatic heterocycles. The number of rotatable bonds is 5. The Morgan fingerprint density at radius 1 is 1.53 bits per heavy atom. The Balaban J connectivity index is 2.15. The molecule has 1 saturated heterocycles. The van der Waals surface area contributed by atoms with Crippen LogP contribution in [-0.4, -0.2) is 56.9 Å². The fourth-order valence-corrected chi connectivity index (χ4v) is 1.60. The normalized spacial score (nSPS) is 18.8. The van der Waals surface area contributed by atoms with Crippen molar-refractivity contribution >= 4 is 12.0 Å². The molecular weight excluding hydrogens is 224 g/mol. The minimum absolute atomic E-state index is 0.116. The van der Waals surface area contributed by atoms with E-state index in [-0.39, 0.29) is 18.0 Å². The first-order valence-corrected chi connectivity index (χ1v) is 5.79. The summed E-state index contributed by atoms with van der Waals surface area (Å²) in [6.07, 6.45) is 1.81. The summed E-state index contributed by atoms with van der Waals surface area (Å²) in [5.74, 6) is -0.247. The number of hydrogen-bond donors (Lipinski definition) is 1. The van der Waals surface area contributed by atoms with Gasteiger partial charge in [0.1, 0.15) is 0 Å². The maximum atomic E-state index is 11.7. The molecule has 0 aromatic heterocycles. The third-order valence-corrected chi connectivity index (χ3v) is 2.71. The van der Waals surface area contributed by atoms with Gasteiger partial charge in [-0.1, -0.05) is 0 Å². The molecule has 1 aliphatic rings. The number of nitrogens with zero attached hydrogens (tertiary/aromatic N) is 1. The summed E-state index contributed by atoms with van der Waals surface area (Å²) in [4.78, 5) is 24.1. The first kappa shape index (κ1) is 13.8. The highest BCUT2D eigenvalue weighted by Gasteiger charge is 2.19. The standard InChI is InChI=1S/C11H20N2O4/c1-13(6-3-4-10(14)16-2)11(15)12-9-5-7-17-8-9/h9H,3-8H2,1-2H3,(H,12,15). The van der Waals surface area contributed by atoms with Gasteiger partial charge in [0.25, 0.3) is 0 Å². The Hall–Kier alpha value is -1.30. The molecule has 1 N–H and O–H groups in total. The van der Waals surface area contributed by atoms with Crippen LogP contribution < -0.4 is 5.32 Å². The van der Waals surface area contributed by atoms with Gasteiger partial charge >= 0.3 is 12.0 Å². The molecule has 0 aromatic rings. The molecule has 6 heteroatoms. The maximum absolute atomic E-state index is 11.7. The SMILES string of the molecule is COC(=O)CCCN(C)C(=O)NC1CCOC1. The summed E-state index contributed by atoms with van der Waals surface area (Å²) in [5.41, 5.74) is 0. The zero-order valence-corrected chi connectivity index (χ0v) is 10.4. The lowest BCUT2D eigenvalue weighted by atomic mass is 10.2. The van der Waals surface area contributed by atoms with Gasteiger partial charge in [0.15, 0.2) is 0 Å². The minimum Gasteiger partial charge on any atom is -0.469 e. The van der Waals surface area contributed by atoms with Crippen LogP contribution in [-0.2, 0) is 14.3 Å². The Bertz CT molecular complexity index is 264. The third kappa shape index (κ3) is 5.04. The Kier molecular flexibility index (Phi) is 5.76. The summed E-state index contributed by atoms with van der Waals surface area (Å²) < 4.78 is 9.70. The number of hydrogen-bond acceptors (Lipinski definition) is 4. The van der Waals surface area contributed by atoms with E-state index >= 15 is 0 Å². The Labute approximate surface area is 101 Å². The first-order chi connectivity index (χ1) is 8.13. The number of nitrogens with one attached hydrogen (secondary N) is 1. The molecule has 1 rings (SSSR count). The van der Waals surface area contributed by atoms with E-state index in [1.807, 2.05) is 0 Å². The van der Waals surface area contributed by atoms with E-state index in [2.05, 4.69) is 10.1 Å². The van der Waals surface area contributed by atoms with E-state index in [1.54, 1.807) is 11.9 Å². The van der Waals surface area contributed by atoms with Crippen LogP contribution in [0.1, 0.15) is 19.3 Å². The maximum Gasteiger partial charge on any atom is 0.317 e. The lowest BCUT2D eigenvalue weighted by Gasteiger charge is -2.20. The van der Waals surface area contributed by atoms with Crippen molar-refractivity contribution in [2.75, 3.05) is 33.9 Å². The molecule has 0 spiro atoms. The molecule has 0 aliphatic carbocycles. The van der Waals surface area contributed by atoms with Gasteiger partial charge in [-0.25, -0.2) is 4.79 Å². The largest absolute Gasteiger partial charge is 0.469 e. The lowest BCUT2D eigenvalue weighted by molar-refractivity contribution is -0.140. The molecule has 0 saturated carbocycles. The molecule has 1 heterocycles. The molecule has 17 heavy (non-hydrogen) atoms. The van der Waals surface area contributed by atoms with Crippen LogP contribution in [0.15, 0.2) is 0 Å². The van der Waals surface area contributed by atoms with Gasteiger partial charge in [0.2, 0.25) is 0 Å². The van der Waals surface area contributed by atoms with Crippen molar-refractivity contribution in [3.63, 3.8) is 0 Å². The van der Waals surface area contributed by atoms with Crippen LogP contribution in [0.25, 0.3) is 0 Å². The van der Waals surface area contributed by atoms with E-state index < -0.39 is 0 Å². The van der Waals surface area contributed by atoms with Crippen LogP contribution in [0.3, 0.4) is 0 Å². The molecule has 2 amide bonds. The predicted octanol–water partition coefficient (Wildman–Crippen LogP) is 0.370. The molecule has 98 valence electrons. The predicted molar refractivity (Wildman–Crippen MR) is 61.6 cm³/mol. The second-order valence-corrected chi connectivity index (χ2v) is 4.11. The van der Waals surface area contributed by atoms with Gasteiger partial charge in [-0.15, -0.1) is 0 Å². The van der Waals surface area contributed by atoms with Crippen molar-refractivity contribution in [1.82, 2.24) is 10.2 Å². The van der Waals surface area contributed by atoms with Crippen LogP contribution in [0.4, 0.5) is 4.79 Å². The Morgan fingerprint density at radius 2 is 2.29 bits per heavy atom. The number of esters is 1. The van der Waals surface area contributed by atoms with Crippen molar-refractivity contribution in [2.24, 2.45) is 0 Å². The Morgan fingerprint density at radius 3 is 2.88 bits per heavy atom. The zero-order valence-electron chi connectivity index (χ0n) is 10.4. The second kappa shape index (κ2) is 7.11. The number of carbonyl (C=O) groups excluding carboxylic acids is 2. The van der Waals surface area contributed by atoms with Crippen molar-refractivity contribution in [3.05, 3.63) is 0 Å². The average Bonchev–Trinajstić information content (AvgIpc) is 2.81. The summed E-state index contributed by atoms with van der Waals surface area (Å²) >= 11 is 0. The van der Waals surface area contributed by atoms with Crippen LogP contribution >= 0.6 is 0 Å². The van der Waals surface area contributed by atoms with Gasteiger partial charge in [-0.3, -0.25) is 4.79 Å². The molecule has 0 aromatic carbocycles. The fraction of sp³-hybridized carbons (Fsp3) is 0.818. The quantitative estimate of drug-likeness (QED) is 0.709. The molecule has 1 unspecified atom stereocenters. The van der Waals surface area contributed by atoms with E-state index in [9.17, 15) is 9.59 Å². The van der Waals surface area contributed by atoms with Crippen LogP contribution in [0.2, 0.25) is 0 Å². The highest BCUT2D eigenvalue weighted by atomic mass is 16.5. The van der Waals surface area contributed by atoms with Gasteiger partial charge in [0.05, 0.1) is 19.8 Å². The molecule has 1 atom stereocenters. The van der Waals surface area contributed by atoms with Crippen LogP contribution in [0.5, 0.6) is 0 Å². The van der Waals surface area contributed by atoms with Gasteiger partial charge in [-0.2, -0.15) is 0 Å². The molecule has 0 radical (unpaired) electrons. The molecule has 1 fully saturated rings. The highest BCUT2D eigenvalue weighted by molar-refractivity contribution is 5.74. The topological polar surface area (TPSA) is 67.9 Å². The second-order valence-electron chi connectivity index (χ2n) is 4.11. The summed E-state index contributed by atoms with van der Waals surface area (Å²) in [7, 11) is 3.07. The monoisotopic (exact) mass is 244 g/mol. The molecule has 6 nitrogen and oxygen atoms in total. The third-order valence-electron chi connectivity index (χ3n) is 2.71. The minimum atomic E-state index is -0.247. The molecule has 0 bridgehead atoms. The molecular formula is C11H20N2O4. The zero-order chi connectivity index (χ0) is 12.7. The smallest absolute Gasteiger partial charge is 0.317 e. The van der Waals surface area contributed by atoms with Crippen molar-refractivity contribution in [1.29, 1.82) is 0 Å². The highest BCUT2D eigenvalue weighted by Crippen LogP contribution is 2.04. The van der Waals surface area contributed by atoms with Crippen LogP contribution in [0, 0.1) is 0 Å². The number of methoxy groups -OCH3 is 1. The lowest BCUT2D eigenvalue weighted by Crippen LogP contribution is -2.43. The van der Waals surface area contributed by atoms with E-state index in [4.69, 9.17) is 4.74 Å². The number of ether oxygens (including phenoxy) is 2. The van der Waals surface area contributed by atoms with Gasteiger partial charge in [0, 0.05) is 26.6 Å². The van der Waals surface area contributed by atoms with E-state index in [0.717, 1.165) is 6.42 Å². The van der Waals surface area contributed by atoms with Crippen molar-refractivity contribution < 1.29 is 19.1 Å². The van der Waals surface area contributed by atoms with Crippen molar-refractivity contribution in [2.45, 2.75) is 25.3 Å². The fourth-order valence-electron chi connectivity index (χ4n) is 1.60. The summed E-state index contributed by atoms with van der Waals surface area (Å²) in [6.45, 7) is 1.83. The van der Waals surface area contributed by atoms with Gasteiger partial charge in [-0.05, 0) is 12.8 Å². The average molecular weight is 244 g/mol. The van der Waals surface area contributed by atoms with E-state index in [0.29, 0.717) is 32.6 Å². The van der Waals surface area contributed by atoms with Gasteiger partial charge < -0.3 is 19.7 Å². The number of urea groups is 1. The first-order valence-electron chi connectivity index (χ1n) is 5.79.